The van der Waals surface area contributed by atoms with Crippen molar-refractivity contribution >= 4 is 0 Å². The smallest absolute Gasteiger partial charge is 0.0990 e. The van der Waals surface area contributed by atoms with Crippen molar-refractivity contribution in [1.29, 1.82) is 0 Å². The van der Waals surface area contributed by atoms with Crippen LogP contribution in [0.15, 0.2) is 30.3 Å². The zero-order valence-corrected chi connectivity index (χ0v) is 16.8. The van der Waals surface area contributed by atoms with E-state index in [-0.39, 0.29) is 0 Å². The molecule has 0 fully saturated rings. The number of ether oxygens (including phenoxy) is 1. The fourth-order valence-electron chi connectivity index (χ4n) is 3.21. The van der Waals surface area contributed by atoms with Gasteiger partial charge in [0.15, 0.2) is 0 Å². The third-order valence-electron chi connectivity index (χ3n) is 4.75. The van der Waals surface area contributed by atoms with Crippen LogP contribution in [-0.4, -0.2) is 25.3 Å². The van der Waals surface area contributed by atoms with E-state index in [9.17, 15) is 0 Å². The monoisotopic (exact) mass is 347 g/mol. The standard InChI is InChI=1S/C23H41NO/c1-3-4-5-6-7-8-9-10-11-12-13-17-20-25-22-24(2)21-23-18-15-14-16-19-23/h14-16,18-19H,3-13,17,20-22H2,1-2H3. The van der Waals surface area contributed by atoms with Gasteiger partial charge < -0.3 is 4.74 Å². The molecule has 0 aliphatic rings. The molecule has 0 N–H and O–H groups in total. The molecule has 0 heterocycles. The van der Waals surface area contributed by atoms with E-state index in [1.54, 1.807) is 0 Å². The lowest BCUT2D eigenvalue weighted by atomic mass is 10.1. The quantitative estimate of drug-likeness (QED) is 0.227. The molecule has 0 aromatic heterocycles. The Balaban J connectivity index is 1.78. The SMILES string of the molecule is CCCCCCCCCCCCCCOCN(C)Cc1ccccc1. The summed E-state index contributed by atoms with van der Waals surface area (Å²) in [5.41, 5.74) is 1.35. The van der Waals surface area contributed by atoms with Gasteiger partial charge in [-0.15, -0.1) is 0 Å². The zero-order valence-electron chi connectivity index (χ0n) is 16.8. The van der Waals surface area contributed by atoms with Crippen LogP contribution >= 0.6 is 0 Å². The molecule has 0 saturated heterocycles. The molecular formula is C23H41NO. The van der Waals surface area contributed by atoms with Gasteiger partial charge in [-0.2, -0.15) is 0 Å². The second-order valence-electron chi connectivity index (χ2n) is 7.43. The number of unbranched alkanes of at least 4 members (excludes halogenated alkanes) is 11. The Labute approximate surface area is 157 Å². The van der Waals surface area contributed by atoms with Gasteiger partial charge in [-0.05, 0) is 19.0 Å². The lowest BCUT2D eigenvalue weighted by Crippen LogP contribution is -2.21. The molecule has 0 unspecified atom stereocenters. The molecular weight excluding hydrogens is 306 g/mol. The second kappa shape index (κ2) is 16.6. The summed E-state index contributed by atoms with van der Waals surface area (Å²) in [4.78, 5) is 2.23. The van der Waals surface area contributed by atoms with Crippen molar-refractivity contribution in [2.24, 2.45) is 0 Å². The molecule has 0 saturated carbocycles. The summed E-state index contributed by atoms with van der Waals surface area (Å²) in [6.07, 6.45) is 16.7. The summed E-state index contributed by atoms with van der Waals surface area (Å²) in [5.74, 6) is 0. The fourth-order valence-corrected chi connectivity index (χ4v) is 3.21. The highest BCUT2D eigenvalue weighted by molar-refractivity contribution is 5.14. The van der Waals surface area contributed by atoms with Crippen LogP contribution in [0.3, 0.4) is 0 Å². The molecule has 2 nitrogen and oxygen atoms in total. The van der Waals surface area contributed by atoms with Crippen molar-refractivity contribution in [1.82, 2.24) is 4.90 Å². The normalized spacial score (nSPS) is 11.3. The second-order valence-corrected chi connectivity index (χ2v) is 7.43. The fraction of sp³-hybridized carbons (Fsp3) is 0.739. The summed E-state index contributed by atoms with van der Waals surface area (Å²) in [6.45, 7) is 4.87. The van der Waals surface area contributed by atoms with E-state index in [4.69, 9.17) is 4.74 Å². The van der Waals surface area contributed by atoms with Crippen LogP contribution < -0.4 is 0 Å². The Kier molecular flexibility index (Phi) is 14.7. The summed E-state index contributed by atoms with van der Waals surface area (Å²) in [5, 5.41) is 0. The Morgan fingerprint density at radius 2 is 1.24 bits per heavy atom. The Morgan fingerprint density at radius 3 is 1.80 bits per heavy atom. The molecule has 0 amide bonds. The minimum Gasteiger partial charge on any atom is -0.366 e. The molecule has 0 aliphatic carbocycles. The Hall–Kier alpha value is -0.860. The molecule has 1 aromatic carbocycles. The number of hydrogen-bond acceptors (Lipinski definition) is 2. The summed E-state index contributed by atoms with van der Waals surface area (Å²) >= 11 is 0. The highest BCUT2D eigenvalue weighted by atomic mass is 16.5. The van der Waals surface area contributed by atoms with Gasteiger partial charge >= 0.3 is 0 Å². The molecule has 25 heavy (non-hydrogen) atoms. The summed E-state index contributed by atoms with van der Waals surface area (Å²) in [7, 11) is 2.12. The van der Waals surface area contributed by atoms with Crippen LogP contribution in [0, 0.1) is 0 Å². The van der Waals surface area contributed by atoms with Gasteiger partial charge in [0.25, 0.3) is 0 Å². The number of hydrogen-bond donors (Lipinski definition) is 0. The van der Waals surface area contributed by atoms with Gasteiger partial charge in [-0.25, -0.2) is 0 Å². The first-order chi connectivity index (χ1) is 12.3. The average Bonchev–Trinajstić information content (AvgIpc) is 2.63. The maximum Gasteiger partial charge on any atom is 0.0990 e. The predicted molar refractivity (Wildman–Crippen MR) is 110 cm³/mol. The third-order valence-corrected chi connectivity index (χ3v) is 4.75. The molecule has 144 valence electrons. The zero-order chi connectivity index (χ0) is 18.0. The maximum atomic E-state index is 5.79. The first-order valence-electron chi connectivity index (χ1n) is 10.6. The van der Waals surface area contributed by atoms with Crippen LogP contribution in [0.1, 0.15) is 89.5 Å². The van der Waals surface area contributed by atoms with E-state index in [1.807, 2.05) is 0 Å². The minimum absolute atomic E-state index is 0.729. The van der Waals surface area contributed by atoms with Gasteiger partial charge in [-0.1, -0.05) is 108 Å². The molecule has 0 atom stereocenters. The van der Waals surface area contributed by atoms with E-state index in [0.717, 1.165) is 19.9 Å². The highest BCUT2D eigenvalue weighted by Crippen LogP contribution is 2.12. The van der Waals surface area contributed by atoms with Gasteiger partial charge in [0, 0.05) is 13.2 Å². The van der Waals surface area contributed by atoms with Crippen molar-refractivity contribution in [3.63, 3.8) is 0 Å². The van der Waals surface area contributed by atoms with Crippen LogP contribution in [-0.2, 0) is 11.3 Å². The number of nitrogens with zero attached hydrogens (tertiary/aromatic N) is 1. The van der Waals surface area contributed by atoms with Crippen molar-refractivity contribution in [3.8, 4) is 0 Å². The summed E-state index contributed by atoms with van der Waals surface area (Å²) < 4.78 is 5.79. The first-order valence-corrected chi connectivity index (χ1v) is 10.6. The third kappa shape index (κ3) is 14.0. The molecule has 0 aliphatic heterocycles. The van der Waals surface area contributed by atoms with Crippen molar-refractivity contribution in [2.75, 3.05) is 20.4 Å². The lowest BCUT2D eigenvalue weighted by molar-refractivity contribution is 0.0369. The van der Waals surface area contributed by atoms with E-state index < -0.39 is 0 Å². The molecule has 1 aromatic rings. The molecule has 0 spiro atoms. The molecule has 0 radical (unpaired) electrons. The molecule has 0 bridgehead atoms. The van der Waals surface area contributed by atoms with Gasteiger partial charge in [-0.3, -0.25) is 4.90 Å². The predicted octanol–water partition coefficient (Wildman–Crippen LogP) is 6.79. The summed E-state index contributed by atoms with van der Waals surface area (Å²) in [6, 6.07) is 10.6. The van der Waals surface area contributed by atoms with Gasteiger partial charge in [0.1, 0.15) is 0 Å². The topological polar surface area (TPSA) is 12.5 Å². The lowest BCUT2D eigenvalue weighted by Gasteiger charge is -2.16. The Bertz CT molecular complexity index is 379. The van der Waals surface area contributed by atoms with Crippen LogP contribution in [0.5, 0.6) is 0 Å². The van der Waals surface area contributed by atoms with E-state index in [1.165, 1.54) is 82.6 Å². The first kappa shape index (κ1) is 22.2. The van der Waals surface area contributed by atoms with Crippen LogP contribution in [0.25, 0.3) is 0 Å². The maximum absolute atomic E-state index is 5.79. The van der Waals surface area contributed by atoms with Gasteiger partial charge in [0.05, 0.1) is 6.73 Å². The number of benzene rings is 1. The van der Waals surface area contributed by atoms with Crippen molar-refractivity contribution in [3.05, 3.63) is 35.9 Å². The van der Waals surface area contributed by atoms with Crippen molar-refractivity contribution in [2.45, 2.75) is 90.5 Å². The van der Waals surface area contributed by atoms with E-state index >= 15 is 0 Å². The van der Waals surface area contributed by atoms with Crippen LogP contribution in [0.2, 0.25) is 0 Å². The Morgan fingerprint density at radius 1 is 0.720 bits per heavy atom. The number of rotatable bonds is 17. The van der Waals surface area contributed by atoms with Gasteiger partial charge in [0.2, 0.25) is 0 Å². The minimum atomic E-state index is 0.729. The molecule has 2 heteroatoms. The van der Waals surface area contributed by atoms with Crippen LogP contribution in [0.4, 0.5) is 0 Å². The van der Waals surface area contributed by atoms with E-state index in [0.29, 0.717) is 0 Å². The molecule has 1 rings (SSSR count). The highest BCUT2D eigenvalue weighted by Gasteiger charge is 2.00. The average molecular weight is 348 g/mol. The largest absolute Gasteiger partial charge is 0.366 e. The van der Waals surface area contributed by atoms with Crippen molar-refractivity contribution < 1.29 is 4.74 Å². The van der Waals surface area contributed by atoms with E-state index in [2.05, 4.69) is 49.2 Å².